The summed E-state index contributed by atoms with van der Waals surface area (Å²) >= 11 is 0. The molecule has 0 aliphatic rings. The number of nitrogens with one attached hydrogen (secondary N) is 2. The van der Waals surface area contributed by atoms with Gasteiger partial charge in [-0.15, -0.1) is 0 Å². The minimum atomic E-state index is -3.85. The van der Waals surface area contributed by atoms with E-state index in [-0.39, 0.29) is 16.7 Å². The summed E-state index contributed by atoms with van der Waals surface area (Å²) in [7, 11) is -3.85. The maximum absolute atomic E-state index is 12.4. The number of benzene rings is 2. The van der Waals surface area contributed by atoms with Crippen molar-refractivity contribution in [1.82, 2.24) is 9.97 Å². The van der Waals surface area contributed by atoms with E-state index in [0.29, 0.717) is 16.8 Å². The number of nitrogens with zero attached hydrogens (tertiary/aromatic N) is 4. The molecule has 0 amide bonds. The Balaban J connectivity index is 1.78. The third-order valence-electron chi connectivity index (χ3n) is 3.46. The van der Waals surface area contributed by atoms with Crippen molar-refractivity contribution in [3.8, 4) is 12.1 Å². The van der Waals surface area contributed by atoms with Crippen molar-refractivity contribution in [2.45, 2.75) is 4.90 Å². The molecule has 2 N–H and O–H groups in total. The van der Waals surface area contributed by atoms with Gasteiger partial charge in [-0.05, 0) is 54.6 Å². The van der Waals surface area contributed by atoms with Crippen LogP contribution < -0.4 is 10.0 Å². The van der Waals surface area contributed by atoms with Crippen molar-refractivity contribution >= 4 is 27.5 Å². The van der Waals surface area contributed by atoms with Crippen LogP contribution >= 0.6 is 0 Å². The molecule has 1 aromatic heterocycles. The van der Waals surface area contributed by atoms with Crippen molar-refractivity contribution in [1.29, 1.82) is 10.5 Å². The van der Waals surface area contributed by atoms with E-state index in [1.807, 2.05) is 12.1 Å². The number of rotatable bonds is 5. The van der Waals surface area contributed by atoms with Crippen LogP contribution in [0.5, 0.6) is 0 Å². The molecule has 9 heteroatoms. The molecule has 0 saturated carbocycles. The summed E-state index contributed by atoms with van der Waals surface area (Å²) in [6.07, 6.45) is 1.41. The molecule has 1 heterocycles. The fourth-order valence-electron chi connectivity index (χ4n) is 2.14. The fourth-order valence-corrected chi connectivity index (χ4v) is 3.14. The van der Waals surface area contributed by atoms with E-state index in [4.69, 9.17) is 10.5 Å². The van der Waals surface area contributed by atoms with Crippen LogP contribution in [0.1, 0.15) is 11.1 Å². The van der Waals surface area contributed by atoms with Gasteiger partial charge in [0.1, 0.15) is 5.82 Å². The average Bonchev–Trinajstić information content (AvgIpc) is 2.68. The molecule has 0 aliphatic carbocycles. The molecule has 27 heavy (non-hydrogen) atoms. The third-order valence-corrected chi connectivity index (χ3v) is 4.83. The van der Waals surface area contributed by atoms with E-state index in [1.54, 1.807) is 24.3 Å². The largest absolute Gasteiger partial charge is 0.324 e. The predicted molar refractivity (Wildman–Crippen MR) is 98.4 cm³/mol. The summed E-state index contributed by atoms with van der Waals surface area (Å²) in [4.78, 5) is 8.19. The smallest absolute Gasteiger partial charge is 0.263 e. The normalized spacial score (nSPS) is 10.4. The van der Waals surface area contributed by atoms with Gasteiger partial charge in [0.15, 0.2) is 0 Å². The molecule has 0 unspecified atom stereocenters. The van der Waals surface area contributed by atoms with Crippen LogP contribution in [0, 0.1) is 22.7 Å². The minimum Gasteiger partial charge on any atom is -0.324 e. The molecular formula is C18H12N6O2S. The number of aromatic nitrogens is 2. The zero-order valence-corrected chi connectivity index (χ0v) is 14.6. The Morgan fingerprint density at radius 2 is 1.44 bits per heavy atom. The molecule has 2 aromatic carbocycles. The summed E-state index contributed by atoms with van der Waals surface area (Å²) in [5, 5.41) is 20.5. The molecule has 0 aliphatic heterocycles. The SMILES string of the molecule is N#Cc1ccc(Nc2nccc(NS(=O)(=O)c3ccc(C#N)cc3)n2)cc1. The van der Waals surface area contributed by atoms with E-state index in [1.165, 1.54) is 36.5 Å². The first-order chi connectivity index (χ1) is 13.0. The van der Waals surface area contributed by atoms with Crippen molar-refractivity contribution in [2.75, 3.05) is 10.0 Å². The van der Waals surface area contributed by atoms with Crippen molar-refractivity contribution < 1.29 is 8.42 Å². The van der Waals surface area contributed by atoms with Gasteiger partial charge in [-0.25, -0.2) is 13.4 Å². The molecule has 0 fully saturated rings. The summed E-state index contributed by atoms with van der Waals surface area (Å²) in [6.45, 7) is 0. The topological polar surface area (TPSA) is 132 Å². The summed E-state index contributed by atoms with van der Waals surface area (Å²) in [5.41, 5.74) is 1.54. The number of nitriles is 2. The van der Waals surface area contributed by atoms with E-state index >= 15 is 0 Å². The maximum Gasteiger partial charge on any atom is 0.263 e. The number of hydrogen-bond donors (Lipinski definition) is 2. The molecule has 0 bridgehead atoms. The second-order valence-corrected chi connectivity index (χ2v) is 7.00. The number of sulfonamides is 1. The predicted octanol–water partition coefficient (Wildman–Crippen LogP) is 2.76. The number of hydrogen-bond acceptors (Lipinski definition) is 7. The second-order valence-electron chi connectivity index (χ2n) is 5.32. The Kier molecular flexibility index (Phi) is 4.97. The quantitative estimate of drug-likeness (QED) is 0.700. The van der Waals surface area contributed by atoms with Gasteiger partial charge in [0.25, 0.3) is 10.0 Å². The van der Waals surface area contributed by atoms with Gasteiger partial charge in [-0.3, -0.25) is 4.72 Å². The average molecular weight is 376 g/mol. The van der Waals surface area contributed by atoms with Crippen LogP contribution in [-0.4, -0.2) is 18.4 Å². The molecule has 0 saturated heterocycles. The van der Waals surface area contributed by atoms with Crippen LogP contribution in [0.4, 0.5) is 17.5 Å². The first-order valence-electron chi connectivity index (χ1n) is 7.63. The van der Waals surface area contributed by atoms with Crippen molar-refractivity contribution in [3.05, 3.63) is 71.9 Å². The van der Waals surface area contributed by atoms with Gasteiger partial charge in [-0.2, -0.15) is 15.5 Å². The van der Waals surface area contributed by atoms with Crippen molar-refractivity contribution in [2.24, 2.45) is 0 Å². The Labute approximate surface area is 155 Å². The Morgan fingerprint density at radius 1 is 0.852 bits per heavy atom. The summed E-state index contributed by atoms with van der Waals surface area (Å²) in [5.74, 6) is 0.283. The zero-order chi connectivity index (χ0) is 19.3. The van der Waals surface area contributed by atoms with Gasteiger partial charge < -0.3 is 5.32 Å². The highest BCUT2D eigenvalue weighted by atomic mass is 32.2. The lowest BCUT2D eigenvalue weighted by molar-refractivity contribution is 0.601. The number of anilines is 3. The zero-order valence-electron chi connectivity index (χ0n) is 13.8. The van der Waals surface area contributed by atoms with Crippen LogP contribution in [0.15, 0.2) is 65.7 Å². The lowest BCUT2D eigenvalue weighted by Gasteiger charge is -2.09. The van der Waals surface area contributed by atoms with E-state index in [0.717, 1.165) is 0 Å². The standard InChI is InChI=1S/C18H12N6O2S/c19-11-13-1-5-15(6-2-13)22-18-21-10-9-17(23-18)24-27(25,26)16-7-3-14(12-20)4-8-16/h1-10H,(H2,21,22,23,24). The van der Waals surface area contributed by atoms with E-state index < -0.39 is 10.0 Å². The van der Waals surface area contributed by atoms with Gasteiger partial charge >= 0.3 is 0 Å². The Bertz CT molecular complexity index is 1140. The molecule has 3 aromatic rings. The monoisotopic (exact) mass is 376 g/mol. The first-order valence-corrected chi connectivity index (χ1v) is 9.12. The third kappa shape index (κ3) is 4.37. The highest BCUT2D eigenvalue weighted by Crippen LogP contribution is 2.18. The Hall–Kier alpha value is -3.95. The molecule has 3 rings (SSSR count). The molecule has 0 atom stereocenters. The lowest BCUT2D eigenvalue weighted by Crippen LogP contribution is -2.14. The van der Waals surface area contributed by atoms with Crippen LogP contribution in [-0.2, 0) is 10.0 Å². The van der Waals surface area contributed by atoms with E-state index in [9.17, 15) is 8.42 Å². The van der Waals surface area contributed by atoms with Gasteiger partial charge in [0, 0.05) is 11.9 Å². The first kappa shape index (κ1) is 17.9. The van der Waals surface area contributed by atoms with Gasteiger partial charge in [-0.1, -0.05) is 0 Å². The Morgan fingerprint density at radius 3 is 2.04 bits per heavy atom. The molecular weight excluding hydrogens is 364 g/mol. The summed E-state index contributed by atoms with van der Waals surface area (Å²) < 4.78 is 27.2. The molecule has 132 valence electrons. The van der Waals surface area contributed by atoms with Crippen LogP contribution in [0.2, 0.25) is 0 Å². The van der Waals surface area contributed by atoms with Crippen LogP contribution in [0.3, 0.4) is 0 Å². The summed E-state index contributed by atoms with van der Waals surface area (Å²) in [6, 6.07) is 17.6. The molecule has 0 radical (unpaired) electrons. The van der Waals surface area contributed by atoms with Gasteiger partial charge in [0.2, 0.25) is 5.95 Å². The highest BCUT2D eigenvalue weighted by Gasteiger charge is 2.15. The fraction of sp³-hybridized carbons (Fsp3) is 0. The van der Waals surface area contributed by atoms with Crippen LogP contribution in [0.25, 0.3) is 0 Å². The molecule has 0 spiro atoms. The maximum atomic E-state index is 12.4. The molecule has 8 nitrogen and oxygen atoms in total. The second kappa shape index (κ2) is 7.52. The van der Waals surface area contributed by atoms with Gasteiger partial charge in [0.05, 0.1) is 28.2 Å². The van der Waals surface area contributed by atoms with Crippen molar-refractivity contribution in [3.63, 3.8) is 0 Å². The minimum absolute atomic E-state index is 0.0155. The lowest BCUT2D eigenvalue weighted by atomic mass is 10.2. The van der Waals surface area contributed by atoms with E-state index in [2.05, 4.69) is 20.0 Å². The highest BCUT2D eigenvalue weighted by molar-refractivity contribution is 7.92.